The fraction of sp³-hybridized carbons (Fsp3) is 0.625. The van der Waals surface area contributed by atoms with Crippen LogP contribution in [0.25, 0.3) is 0 Å². The molecular formula is C8H12N2O5S. The fourth-order valence-corrected chi connectivity index (χ4v) is 1.73. The van der Waals surface area contributed by atoms with Crippen LogP contribution in [0.15, 0.2) is 5.10 Å². The molecule has 0 spiro atoms. The molecule has 16 heavy (non-hydrogen) atoms. The van der Waals surface area contributed by atoms with Crippen molar-refractivity contribution in [1.82, 2.24) is 5.01 Å². The second-order valence-corrected chi connectivity index (χ2v) is 5.82. The summed E-state index contributed by atoms with van der Waals surface area (Å²) in [5, 5.41) is 13.3. The van der Waals surface area contributed by atoms with Gasteiger partial charge in [-0.15, -0.1) is 0 Å². The van der Waals surface area contributed by atoms with Crippen molar-refractivity contribution in [2.24, 2.45) is 5.10 Å². The molecule has 0 atom stereocenters. The Bertz CT molecular complexity index is 439. The number of carboxylic acids is 1. The van der Waals surface area contributed by atoms with Crippen molar-refractivity contribution in [3.8, 4) is 0 Å². The van der Waals surface area contributed by atoms with Gasteiger partial charge in [0.05, 0.1) is 30.9 Å². The molecular weight excluding hydrogens is 236 g/mol. The molecule has 1 aliphatic rings. The second-order valence-electron chi connectivity index (χ2n) is 3.56. The number of sulfone groups is 1. The molecule has 1 aliphatic heterocycles. The quantitative estimate of drug-likeness (QED) is 0.678. The predicted molar refractivity (Wildman–Crippen MR) is 55.7 cm³/mol. The molecule has 0 aliphatic carbocycles. The molecule has 0 fully saturated rings. The predicted octanol–water partition coefficient (Wildman–Crippen LogP) is -0.906. The highest BCUT2D eigenvalue weighted by Gasteiger charge is 2.25. The lowest BCUT2D eigenvalue weighted by Crippen LogP contribution is -2.26. The van der Waals surface area contributed by atoms with Crippen molar-refractivity contribution < 1.29 is 23.1 Å². The van der Waals surface area contributed by atoms with Gasteiger partial charge in [-0.2, -0.15) is 5.10 Å². The average molecular weight is 248 g/mol. The molecule has 0 aromatic rings. The van der Waals surface area contributed by atoms with Crippen LogP contribution in [0, 0.1) is 0 Å². The van der Waals surface area contributed by atoms with Crippen LogP contribution in [-0.2, 0) is 19.4 Å². The van der Waals surface area contributed by atoms with Crippen LogP contribution in [0.4, 0.5) is 0 Å². The molecule has 0 aromatic carbocycles. The molecule has 0 saturated carbocycles. The topological polar surface area (TPSA) is 104 Å². The molecule has 0 aromatic heterocycles. The number of rotatable bonds is 5. The van der Waals surface area contributed by atoms with E-state index < -0.39 is 15.8 Å². The van der Waals surface area contributed by atoms with Crippen molar-refractivity contribution in [3.05, 3.63) is 0 Å². The number of aliphatic carboxylic acids is 1. The molecule has 8 heteroatoms. The summed E-state index contributed by atoms with van der Waals surface area (Å²) >= 11 is 0. The number of nitrogens with zero attached hydrogens (tertiary/aromatic N) is 2. The molecule has 1 heterocycles. The Labute approximate surface area is 92.7 Å². The minimum atomic E-state index is -3.16. The lowest BCUT2D eigenvalue weighted by Gasteiger charge is -2.09. The lowest BCUT2D eigenvalue weighted by molar-refractivity contribution is -0.135. The number of hydrogen-bond donors (Lipinski definition) is 1. The van der Waals surface area contributed by atoms with E-state index in [0.717, 1.165) is 11.3 Å². The standard InChI is InChI=1S/C8H12N2O5S/c1-16(14,15)3-2-10-7(11)4-6(9-10)5-8(12)13/h2-5H2,1H3,(H,12,13). The summed E-state index contributed by atoms with van der Waals surface area (Å²) in [6, 6.07) is 0. The van der Waals surface area contributed by atoms with Crippen LogP contribution in [0.5, 0.6) is 0 Å². The summed E-state index contributed by atoms with van der Waals surface area (Å²) in [6.45, 7) is -0.0270. The maximum Gasteiger partial charge on any atom is 0.309 e. The van der Waals surface area contributed by atoms with E-state index >= 15 is 0 Å². The van der Waals surface area contributed by atoms with Gasteiger partial charge in [0, 0.05) is 6.26 Å². The summed E-state index contributed by atoms with van der Waals surface area (Å²) in [4.78, 5) is 21.7. The third kappa shape index (κ3) is 3.97. The first-order chi connectivity index (χ1) is 7.28. The first-order valence-electron chi connectivity index (χ1n) is 4.54. The molecule has 0 unspecified atom stereocenters. The van der Waals surface area contributed by atoms with Gasteiger partial charge in [0.1, 0.15) is 9.84 Å². The Morgan fingerprint density at radius 3 is 2.69 bits per heavy atom. The number of carbonyl (C=O) groups is 2. The summed E-state index contributed by atoms with van der Waals surface area (Å²) in [6.07, 6.45) is 0.729. The Balaban J connectivity index is 2.58. The van der Waals surface area contributed by atoms with Crippen LogP contribution in [-0.4, -0.2) is 54.7 Å². The highest BCUT2D eigenvalue weighted by atomic mass is 32.2. The largest absolute Gasteiger partial charge is 0.481 e. The van der Waals surface area contributed by atoms with Crippen molar-refractivity contribution in [2.75, 3.05) is 18.6 Å². The van der Waals surface area contributed by atoms with Crippen LogP contribution in [0.3, 0.4) is 0 Å². The van der Waals surface area contributed by atoms with Crippen molar-refractivity contribution >= 4 is 27.4 Å². The van der Waals surface area contributed by atoms with Gasteiger partial charge in [-0.25, -0.2) is 13.4 Å². The van der Waals surface area contributed by atoms with Crippen molar-refractivity contribution in [3.63, 3.8) is 0 Å². The maximum atomic E-state index is 11.3. The number of amides is 1. The zero-order valence-corrected chi connectivity index (χ0v) is 9.53. The Hall–Kier alpha value is -1.44. The van der Waals surface area contributed by atoms with Gasteiger partial charge >= 0.3 is 5.97 Å². The highest BCUT2D eigenvalue weighted by molar-refractivity contribution is 7.90. The molecule has 90 valence electrons. The highest BCUT2D eigenvalue weighted by Crippen LogP contribution is 2.10. The van der Waals surface area contributed by atoms with Crippen LogP contribution in [0.2, 0.25) is 0 Å². The van der Waals surface area contributed by atoms with Gasteiger partial charge in [-0.1, -0.05) is 0 Å². The van der Waals surface area contributed by atoms with E-state index in [1.54, 1.807) is 0 Å². The average Bonchev–Trinajstić information content (AvgIpc) is 2.40. The summed E-state index contributed by atoms with van der Waals surface area (Å²) < 4.78 is 21.7. The Morgan fingerprint density at radius 1 is 1.56 bits per heavy atom. The molecule has 0 radical (unpaired) electrons. The van der Waals surface area contributed by atoms with E-state index in [9.17, 15) is 18.0 Å². The molecule has 0 saturated heterocycles. The van der Waals surface area contributed by atoms with E-state index in [0.29, 0.717) is 0 Å². The SMILES string of the molecule is CS(=O)(=O)CCN1N=C(CC(=O)O)CC1=O. The number of carboxylic acid groups (broad SMARTS) is 1. The van der Waals surface area contributed by atoms with Crippen molar-refractivity contribution in [2.45, 2.75) is 12.8 Å². The minimum Gasteiger partial charge on any atom is -0.481 e. The molecule has 1 amide bonds. The van der Waals surface area contributed by atoms with Gasteiger partial charge in [0.2, 0.25) is 5.91 Å². The monoisotopic (exact) mass is 248 g/mol. The molecule has 7 nitrogen and oxygen atoms in total. The Morgan fingerprint density at radius 2 is 2.19 bits per heavy atom. The number of carbonyl (C=O) groups excluding carboxylic acids is 1. The van der Waals surface area contributed by atoms with E-state index in [1.807, 2.05) is 0 Å². The van der Waals surface area contributed by atoms with Gasteiger partial charge in [-0.3, -0.25) is 9.59 Å². The van der Waals surface area contributed by atoms with Crippen LogP contribution in [0.1, 0.15) is 12.8 Å². The summed E-state index contributed by atoms with van der Waals surface area (Å²) in [5.41, 5.74) is 0.256. The van der Waals surface area contributed by atoms with Crippen LogP contribution < -0.4 is 0 Å². The van der Waals surface area contributed by atoms with Crippen molar-refractivity contribution in [1.29, 1.82) is 0 Å². The second kappa shape index (κ2) is 4.60. The normalized spacial score (nSPS) is 16.4. The first kappa shape index (κ1) is 12.6. The van der Waals surface area contributed by atoms with E-state index in [2.05, 4.69) is 5.10 Å². The minimum absolute atomic E-state index is 0.0270. The molecule has 1 rings (SSSR count). The summed E-state index contributed by atoms with van der Waals surface area (Å²) in [7, 11) is -3.16. The third-order valence-electron chi connectivity index (χ3n) is 1.93. The zero-order valence-electron chi connectivity index (χ0n) is 8.71. The van der Waals surface area contributed by atoms with Crippen LogP contribution >= 0.6 is 0 Å². The summed E-state index contributed by atoms with van der Waals surface area (Å²) in [5.74, 6) is -1.60. The maximum absolute atomic E-state index is 11.3. The first-order valence-corrected chi connectivity index (χ1v) is 6.60. The molecule has 1 N–H and O–H groups in total. The zero-order chi connectivity index (χ0) is 12.3. The van der Waals surface area contributed by atoms with E-state index in [-0.39, 0.29) is 36.8 Å². The number of hydrazone groups is 1. The van der Waals surface area contributed by atoms with Gasteiger partial charge < -0.3 is 5.11 Å². The number of hydrogen-bond acceptors (Lipinski definition) is 5. The van der Waals surface area contributed by atoms with Gasteiger partial charge in [0.15, 0.2) is 0 Å². The van der Waals surface area contributed by atoms with E-state index in [4.69, 9.17) is 5.11 Å². The van der Waals surface area contributed by atoms with E-state index in [1.165, 1.54) is 0 Å². The Kier molecular flexibility index (Phi) is 3.63. The smallest absolute Gasteiger partial charge is 0.309 e. The lowest BCUT2D eigenvalue weighted by atomic mass is 10.2. The van der Waals surface area contributed by atoms with Gasteiger partial charge in [0.25, 0.3) is 0 Å². The third-order valence-corrected chi connectivity index (χ3v) is 2.86. The molecule has 0 bridgehead atoms. The fourth-order valence-electron chi connectivity index (χ4n) is 1.23. The van der Waals surface area contributed by atoms with Gasteiger partial charge in [-0.05, 0) is 0 Å².